The summed E-state index contributed by atoms with van der Waals surface area (Å²) in [5.74, 6) is 0.755. The first kappa shape index (κ1) is 38.2. The van der Waals surface area contributed by atoms with E-state index in [1.165, 1.54) is 10.1 Å². The molecule has 2 aliphatic rings. The zero-order chi connectivity index (χ0) is 37.5. The van der Waals surface area contributed by atoms with Gasteiger partial charge in [0.2, 0.25) is 0 Å². The van der Waals surface area contributed by atoms with Gasteiger partial charge in [-0.05, 0) is 62.4 Å². The summed E-state index contributed by atoms with van der Waals surface area (Å²) in [4.78, 5) is 46.0. The van der Waals surface area contributed by atoms with Crippen LogP contribution in [0.5, 0.6) is 23.0 Å². The van der Waals surface area contributed by atoms with Gasteiger partial charge in [0.1, 0.15) is 12.2 Å². The van der Waals surface area contributed by atoms with Gasteiger partial charge in [-0.25, -0.2) is 9.59 Å². The Morgan fingerprint density at radius 2 is 1.06 bits per heavy atom. The molecule has 2 fully saturated rings. The lowest BCUT2D eigenvalue weighted by Crippen LogP contribution is -2.47. The van der Waals surface area contributed by atoms with Gasteiger partial charge in [-0.1, -0.05) is 36.4 Å². The highest BCUT2D eigenvalue weighted by Gasteiger charge is 2.35. The molecule has 14 nitrogen and oxygen atoms in total. The van der Waals surface area contributed by atoms with E-state index in [1.54, 1.807) is 12.4 Å². The molecule has 0 aliphatic carbocycles. The summed E-state index contributed by atoms with van der Waals surface area (Å²) < 4.78 is 36.6. The smallest absolute Gasteiger partial charge is 0.349 e. The average Bonchev–Trinajstić information content (AvgIpc) is 3.20. The number of aromatic nitrogens is 2. The molecule has 0 radical (unpaired) electrons. The third-order valence-electron chi connectivity index (χ3n) is 8.35. The van der Waals surface area contributed by atoms with Gasteiger partial charge in [0, 0.05) is 24.5 Å². The van der Waals surface area contributed by atoms with E-state index in [2.05, 4.69) is 9.97 Å². The highest BCUT2D eigenvalue weighted by molar-refractivity contribution is 5.91. The standard InChI is InChI=1S/C40H44N4O10/c1-3-47-31-15-5-7-17-33(31)51-39(29-13-9-11-21-41-29)35-27-43(23-25-49-35)53-37(45)19-20-38(46)54-44-24-26-50-36(28-44)40(30-14-10-12-22-42-30)52-34-18-8-6-16-32(34)48-4-2/h5-22,35-36,39-40H,3-4,23-28H2,1-2H3/b20-19+. The number of ether oxygens (including phenoxy) is 6. The molecule has 4 unspecified atom stereocenters. The second kappa shape index (κ2) is 19.5. The van der Waals surface area contributed by atoms with E-state index in [-0.39, 0.29) is 26.3 Å². The number of hydrogen-bond donors (Lipinski definition) is 0. The van der Waals surface area contributed by atoms with Crippen LogP contribution < -0.4 is 18.9 Å². The quantitative estimate of drug-likeness (QED) is 0.141. The fourth-order valence-corrected chi connectivity index (χ4v) is 5.94. The normalized spacial score (nSPS) is 19.0. The molecule has 284 valence electrons. The van der Waals surface area contributed by atoms with Gasteiger partial charge >= 0.3 is 11.9 Å². The Morgan fingerprint density at radius 1 is 0.648 bits per heavy atom. The number of carbonyl (C=O) groups is 2. The minimum Gasteiger partial charge on any atom is -0.490 e. The molecule has 2 aromatic heterocycles. The molecular weight excluding hydrogens is 696 g/mol. The molecule has 0 amide bonds. The number of nitrogens with zero attached hydrogens (tertiary/aromatic N) is 4. The van der Waals surface area contributed by atoms with E-state index < -0.39 is 36.4 Å². The third kappa shape index (κ3) is 10.5. The van der Waals surface area contributed by atoms with Crippen molar-refractivity contribution < 1.29 is 47.7 Å². The molecule has 0 saturated carbocycles. The highest BCUT2D eigenvalue weighted by Crippen LogP contribution is 2.35. The summed E-state index contributed by atoms with van der Waals surface area (Å²) in [6.07, 6.45) is 3.03. The van der Waals surface area contributed by atoms with Gasteiger partial charge in [-0.15, -0.1) is 10.1 Å². The van der Waals surface area contributed by atoms with Gasteiger partial charge < -0.3 is 38.1 Å². The predicted octanol–water partition coefficient (Wildman–Crippen LogP) is 5.09. The van der Waals surface area contributed by atoms with Gasteiger partial charge in [-0.3, -0.25) is 9.97 Å². The lowest BCUT2D eigenvalue weighted by atomic mass is 10.1. The maximum atomic E-state index is 12.9. The first-order valence-electron chi connectivity index (χ1n) is 17.9. The maximum Gasteiger partial charge on any atom is 0.349 e. The van der Waals surface area contributed by atoms with Crippen molar-refractivity contribution in [3.63, 3.8) is 0 Å². The van der Waals surface area contributed by atoms with Gasteiger partial charge in [0.25, 0.3) is 0 Å². The zero-order valence-electron chi connectivity index (χ0n) is 30.2. The van der Waals surface area contributed by atoms with Crippen LogP contribution in [0.2, 0.25) is 0 Å². The maximum absolute atomic E-state index is 12.9. The monoisotopic (exact) mass is 740 g/mol. The van der Waals surface area contributed by atoms with E-state index in [9.17, 15) is 9.59 Å². The fraction of sp³-hybridized carbons (Fsp3) is 0.350. The minimum absolute atomic E-state index is 0.186. The summed E-state index contributed by atoms with van der Waals surface area (Å²) in [7, 11) is 0. The summed E-state index contributed by atoms with van der Waals surface area (Å²) in [6, 6.07) is 25.8. The summed E-state index contributed by atoms with van der Waals surface area (Å²) in [5.41, 5.74) is 1.28. The number of morpholine rings is 2. The third-order valence-corrected chi connectivity index (χ3v) is 8.35. The summed E-state index contributed by atoms with van der Waals surface area (Å²) >= 11 is 0. The number of rotatable bonds is 16. The molecule has 54 heavy (non-hydrogen) atoms. The van der Waals surface area contributed by atoms with E-state index in [0.717, 1.165) is 12.2 Å². The predicted molar refractivity (Wildman–Crippen MR) is 194 cm³/mol. The number of benzene rings is 2. The van der Waals surface area contributed by atoms with E-state index in [4.69, 9.17) is 38.1 Å². The van der Waals surface area contributed by atoms with Crippen molar-refractivity contribution in [2.75, 3.05) is 52.6 Å². The Labute approximate surface area is 314 Å². The molecule has 14 heteroatoms. The number of hydrogen-bond acceptors (Lipinski definition) is 14. The Morgan fingerprint density at radius 3 is 1.44 bits per heavy atom. The molecule has 0 N–H and O–H groups in total. The average molecular weight is 741 g/mol. The molecule has 4 atom stereocenters. The molecule has 6 rings (SSSR count). The van der Waals surface area contributed by atoms with Crippen LogP contribution in [0.4, 0.5) is 0 Å². The van der Waals surface area contributed by atoms with Crippen LogP contribution in [0.3, 0.4) is 0 Å². The molecule has 0 bridgehead atoms. The van der Waals surface area contributed by atoms with Crippen molar-refractivity contribution in [1.29, 1.82) is 0 Å². The molecule has 0 spiro atoms. The Kier molecular flexibility index (Phi) is 13.8. The van der Waals surface area contributed by atoms with Gasteiger partial charge in [0.05, 0.1) is 64.0 Å². The molecule has 2 aliphatic heterocycles. The van der Waals surface area contributed by atoms with Crippen LogP contribution in [0.25, 0.3) is 0 Å². The van der Waals surface area contributed by atoms with E-state index in [0.29, 0.717) is 60.7 Å². The van der Waals surface area contributed by atoms with Crippen molar-refractivity contribution in [2.45, 2.75) is 38.3 Å². The van der Waals surface area contributed by atoms with Gasteiger partial charge in [-0.2, -0.15) is 0 Å². The minimum atomic E-state index is -0.749. The largest absolute Gasteiger partial charge is 0.490 e. The van der Waals surface area contributed by atoms with Gasteiger partial charge in [0.15, 0.2) is 35.2 Å². The van der Waals surface area contributed by atoms with Crippen LogP contribution in [0.15, 0.2) is 109 Å². The second-order valence-corrected chi connectivity index (χ2v) is 12.1. The van der Waals surface area contributed by atoms with Crippen LogP contribution in [-0.2, 0) is 28.7 Å². The fourth-order valence-electron chi connectivity index (χ4n) is 5.94. The number of hydroxylamine groups is 4. The number of carbonyl (C=O) groups excluding carboxylic acids is 2. The topological polar surface area (TPSA) is 140 Å². The first-order chi connectivity index (χ1) is 26.5. The van der Waals surface area contributed by atoms with Crippen LogP contribution in [0, 0.1) is 0 Å². The van der Waals surface area contributed by atoms with E-state index >= 15 is 0 Å². The molecule has 4 aromatic rings. The lowest BCUT2D eigenvalue weighted by molar-refractivity contribution is -0.220. The molecule has 2 aromatic carbocycles. The SMILES string of the molecule is CCOc1ccccc1OC(c1ccccn1)C1CN(OC(=O)/C=C/C(=O)ON2CCOC(C(Oc3ccccc3OCC)c3ccccn3)C2)CCO1. The first-order valence-corrected chi connectivity index (χ1v) is 17.9. The van der Waals surface area contributed by atoms with Crippen molar-refractivity contribution in [2.24, 2.45) is 0 Å². The summed E-state index contributed by atoms with van der Waals surface area (Å²) in [5, 5.41) is 2.96. The summed E-state index contributed by atoms with van der Waals surface area (Å²) in [6.45, 7) is 6.27. The molecule has 4 heterocycles. The zero-order valence-corrected chi connectivity index (χ0v) is 30.2. The molecular formula is C40H44N4O10. The number of pyridine rings is 2. The second-order valence-electron chi connectivity index (χ2n) is 12.1. The molecule has 2 saturated heterocycles. The van der Waals surface area contributed by atoms with Crippen LogP contribution in [-0.4, -0.2) is 96.8 Å². The Bertz CT molecular complexity index is 1680. The van der Waals surface area contributed by atoms with Crippen molar-refractivity contribution in [1.82, 2.24) is 20.1 Å². The number of para-hydroxylation sites is 4. The lowest BCUT2D eigenvalue weighted by Gasteiger charge is -2.35. The van der Waals surface area contributed by atoms with Crippen LogP contribution in [0.1, 0.15) is 37.4 Å². The van der Waals surface area contributed by atoms with Crippen molar-refractivity contribution in [3.05, 3.63) is 121 Å². The Hall–Kier alpha value is -5.54. The highest BCUT2D eigenvalue weighted by atomic mass is 16.7. The Balaban J connectivity index is 1.05. The van der Waals surface area contributed by atoms with Crippen molar-refractivity contribution in [3.8, 4) is 23.0 Å². The van der Waals surface area contributed by atoms with Crippen LogP contribution >= 0.6 is 0 Å². The van der Waals surface area contributed by atoms with Crippen molar-refractivity contribution >= 4 is 11.9 Å². The van der Waals surface area contributed by atoms with E-state index in [1.807, 2.05) is 98.8 Å².